The molecular formula is C19H27IN4OS. The number of aromatic nitrogens is 1. The van der Waals surface area contributed by atoms with E-state index >= 15 is 0 Å². The van der Waals surface area contributed by atoms with Gasteiger partial charge in [-0.2, -0.15) is 0 Å². The summed E-state index contributed by atoms with van der Waals surface area (Å²) in [4.78, 5) is 9.87. The zero-order chi connectivity index (χ0) is 17.5. The fraction of sp³-hybridized carbons (Fsp3) is 0.474. The maximum Gasteiger partial charge on any atom is 0.191 e. The first kappa shape index (κ1) is 21.0. The van der Waals surface area contributed by atoms with Gasteiger partial charge in [0.25, 0.3) is 0 Å². The van der Waals surface area contributed by atoms with Gasteiger partial charge in [0.1, 0.15) is 10.8 Å². The Morgan fingerprint density at radius 2 is 1.96 bits per heavy atom. The highest BCUT2D eigenvalue weighted by atomic mass is 127. The van der Waals surface area contributed by atoms with Crippen molar-refractivity contribution in [2.75, 3.05) is 7.05 Å². The van der Waals surface area contributed by atoms with E-state index in [9.17, 15) is 0 Å². The summed E-state index contributed by atoms with van der Waals surface area (Å²) in [5.41, 5.74) is 1.16. The van der Waals surface area contributed by atoms with Crippen molar-refractivity contribution in [2.45, 2.75) is 51.8 Å². The molecule has 0 unspecified atom stereocenters. The number of nitrogens with zero attached hydrogens (tertiary/aromatic N) is 2. The first-order valence-corrected chi connectivity index (χ1v) is 9.66. The third kappa shape index (κ3) is 6.12. The summed E-state index contributed by atoms with van der Waals surface area (Å²) in [6.07, 6.45) is 7.15. The number of thiazole rings is 1. The molecule has 0 aliphatic heterocycles. The topological polar surface area (TPSA) is 58.5 Å². The molecule has 26 heavy (non-hydrogen) atoms. The lowest BCUT2D eigenvalue weighted by Gasteiger charge is -2.17. The molecule has 2 N–H and O–H groups in total. The first-order chi connectivity index (χ1) is 12.2. The number of aryl methyl sites for hydroxylation is 1. The molecule has 7 heteroatoms. The molecule has 1 aromatic heterocycles. The molecule has 0 radical (unpaired) electrons. The molecule has 1 fully saturated rings. The fourth-order valence-corrected chi connectivity index (χ4v) is 3.72. The van der Waals surface area contributed by atoms with Gasteiger partial charge in [0.05, 0.1) is 12.6 Å². The Balaban J connectivity index is 0.00000243. The van der Waals surface area contributed by atoms with Crippen LogP contribution in [0.1, 0.15) is 41.1 Å². The second-order valence-corrected chi connectivity index (χ2v) is 7.60. The summed E-state index contributed by atoms with van der Waals surface area (Å²) in [5.74, 6) is 1.75. The van der Waals surface area contributed by atoms with Crippen molar-refractivity contribution < 1.29 is 4.74 Å². The van der Waals surface area contributed by atoms with Gasteiger partial charge in [0.15, 0.2) is 5.96 Å². The zero-order valence-corrected chi connectivity index (χ0v) is 18.5. The number of nitrogens with one attached hydrogen (secondary N) is 2. The highest BCUT2D eigenvalue weighted by Crippen LogP contribution is 2.26. The van der Waals surface area contributed by atoms with Crippen molar-refractivity contribution in [1.82, 2.24) is 15.6 Å². The number of ether oxygens (including phenoxy) is 1. The summed E-state index contributed by atoms with van der Waals surface area (Å²) in [7, 11) is 1.78. The number of para-hydroxylation sites is 1. The van der Waals surface area contributed by atoms with Crippen LogP contribution in [0.15, 0.2) is 35.5 Å². The van der Waals surface area contributed by atoms with E-state index in [4.69, 9.17) is 4.74 Å². The number of benzene rings is 1. The fourth-order valence-electron chi connectivity index (χ4n) is 2.99. The molecule has 0 spiro atoms. The second-order valence-electron chi connectivity index (χ2n) is 6.28. The molecule has 0 amide bonds. The van der Waals surface area contributed by atoms with Gasteiger partial charge >= 0.3 is 0 Å². The van der Waals surface area contributed by atoms with Crippen molar-refractivity contribution in [3.05, 3.63) is 45.9 Å². The van der Waals surface area contributed by atoms with Crippen molar-refractivity contribution in [3.8, 4) is 5.75 Å². The number of hydrogen-bond acceptors (Lipinski definition) is 4. The van der Waals surface area contributed by atoms with Crippen LogP contribution < -0.4 is 15.4 Å². The Hall–Kier alpha value is -1.35. The quantitative estimate of drug-likeness (QED) is 0.364. The van der Waals surface area contributed by atoms with Crippen LogP contribution >= 0.6 is 35.3 Å². The molecule has 1 aliphatic carbocycles. The van der Waals surface area contributed by atoms with Crippen molar-refractivity contribution in [1.29, 1.82) is 0 Å². The van der Waals surface area contributed by atoms with Crippen molar-refractivity contribution in [2.24, 2.45) is 4.99 Å². The molecule has 5 nitrogen and oxygen atoms in total. The van der Waals surface area contributed by atoms with Crippen LogP contribution in [0.2, 0.25) is 0 Å². The summed E-state index contributed by atoms with van der Waals surface area (Å²) in [6.45, 7) is 3.42. The predicted octanol–water partition coefficient (Wildman–Crippen LogP) is 4.26. The minimum absolute atomic E-state index is 0. The van der Waals surface area contributed by atoms with Crippen molar-refractivity contribution >= 4 is 41.3 Å². The number of halogens is 1. The average molecular weight is 486 g/mol. The number of aliphatic imine (C=N–C) groups is 1. The Kier molecular flexibility index (Phi) is 8.64. The van der Waals surface area contributed by atoms with E-state index in [1.807, 2.05) is 18.3 Å². The van der Waals surface area contributed by atoms with Gasteiger partial charge < -0.3 is 15.4 Å². The SMILES string of the molecule is CN=C(NCc1ncc(C)s1)NCc1ccccc1OC1CCCC1.I. The van der Waals surface area contributed by atoms with E-state index in [1.54, 1.807) is 18.4 Å². The van der Waals surface area contributed by atoms with Crippen LogP contribution in [0, 0.1) is 6.92 Å². The van der Waals surface area contributed by atoms with E-state index in [0.717, 1.165) is 35.1 Å². The molecule has 1 heterocycles. The summed E-state index contributed by atoms with van der Waals surface area (Å²) in [6, 6.07) is 8.25. The van der Waals surface area contributed by atoms with E-state index in [0.29, 0.717) is 19.2 Å². The molecule has 2 aromatic rings. The largest absolute Gasteiger partial charge is 0.490 e. The molecule has 0 saturated heterocycles. The number of hydrogen-bond donors (Lipinski definition) is 2. The monoisotopic (exact) mass is 486 g/mol. The van der Waals surface area contributed by atoms with Gasteiger partial charge in [0.2, 0.25) is 0 Å². The third-order valence-corrected chi connectivity index (χ3v) is 5.23. The summed E-state index contributed by atoms with van der Waals surface area (Å²) in [5, 5.41) is 7.73. The molecule has 0 atom stereocenters. The van der Waals surface area contributed by atoms with Crippen molar-refractivity contribution in [3.63, 3.8) is 0 Å². The highest BCUT2D eigenvalue weighted by Gasteiger charge is 2.17. The molecule has 1 aromatic carbocycles. The van der Waals surface area contributed by atoms with Gasteiger partial charge in [-0.05, 0) is 38.7 Å². The van der Waals surface area contributed by atoms with Gasteiger partial charge in [-0.25, -0.2) is 4.98 Å². The van der Waals surface area contributed by atoms with Crippen LogP contribution in [0.25, 0.3) is 0 Å². The van der Waals surface area contributed by atoms with Crippen LogP contribution in [-0.4, -0.2) is 24.1 Å². The lowest BCUT2D eigenvalue weighted by Crippen LogP contribution is -2.36. The van der Waals surface area contributed by atoms with Gasteiger partial charge in [-0.3, -0.25) is 4.99 Å². The van der Waals surface area contributed by atoms with E-state index in [2.05, 4.69) is 39.7 Å². The van der Waals surface area contributed by atoms with Crippen LogP contribution in [-0.2, 0) is 13.1 Å². The summed E-state index contributed by atoms with van der Waals surface area (Å²) >= 11 is 1.70. The molecule has 3 rings (SSSR count). The summed E-state index contributed by atoms with van der Waals surface area (Å²) < 4.78 is 6.20. The maximum absolute atomic E-state index is 6.20. The Bertz CT molecular complexity index is 713. The van der Waals surface area contributed by atoms with E-state index in [1.165, 1.54) is 17.7 Å². The van der Waals surface area contributed by atoms with Crippen LogP contribution in [0.3, 0.4) is 0 Å². The zero-order valence-electron chi connectivity index (χ0n) is 15.3. The van der Waals surface area contributed by atoms with E-state index in [-0.39, 0.29) is 24.0 Å². The van der Waals surface area contributed by atoms with Gasteiger partial charge in [-0.15, -0.1) is 35.3 Å². The molecular weight excluding hydrogens is 459 g/mol. The average Bonchev–Trinajstić information content (AvgIpc) is 3.28. The molecule has 0 bridgehead atoms. The Morgan fingerprint density at radius 1 is 1.23 bits per heavy atom. The maximum atomic E-state index is 6.20. The third-order valence-electron chi connectivity index (χ3n) is 4.31. The van der Waals surface area contributed by atoms with Gasteiger partial charge in [-0.1, -0.05) is 18.2 Å². The second kappa shape index (κ2) is 10.7. The number of guanidine groups is 1. The van der Waals surface area contributed by atoms with Crippen LogP contribution in [0.5, 0.6) is 5.75 Å². The van der Waals surface area contributed by atoms with Gasteiger partial charge in [0, 0.05) is 30.2 Å². The van der Waals surface area contributed by atoms with Crippen LogP contribution in [0.4, 0.5) is 0 Å². The minimum atomic E-state index is 0. The standard InChI is InChI=1S/C19H26N4OS.HI/c1-14-11-21-18(25-14)13-23-19(20-2)22-12-15-7-3-6-10-17(15)24-16-8-4-5-9-16;/h3,6-7,10-11,16H,4-5,8-9,12-13H2,1-2H3,(H2,20,22,23);1H. The lowest BCUT2D eigenvalue weighted by molar-refractivity contribution is 0.208. The smallest absolute Gasteiger partial charge is 0.191 e. The molecule has 1 saturated carbocycles. The highest BCUT2D eigenvalue weighted by molar-refractivity contribution is 14.0. The van der Waals surface area contributed by atoms with E-state index < -0.39 is 0 Å². The normalized spacial score (nSPS) is 14.8. The number of rotatable bonds is 6. The predicted molar refractivity (Wildman–Crippen MR) is 119 cm³/mol. The lowest BCUT2D eigenvalue weighted by atomic mass is 10.2. The molecule has 1 aliphatic rings. The Morgan fingerprint density at radius 3 is 2.65 bits per heavy atom. The first-order valence-electron chi connectivity index (χ1n) is 8.85. The molecule has 142 valence electrons. The minimum Gasteiger partial charge on any atom is -0.490 e. The Labute approximate surface area is 176 Å².